The van der Waals surface area contributed by atoms with Crippen molar-refractivity contribution in [1.29, 1.82) is 0 Å². The quantitative estimate of drug-likeness (QED) is 0.478. The fourth-order valence-electron chi connectivity index (χ4n) is 2.69. The zero-order chi connectivity index (χ0) is 13.2. The Morgan fingerprint density at radius 3 is 2.39 bits per heavy atom. The third-order valence-electron chi connectivity index (χ3n) is 3.60. The molecule has 1 aliphatic carbocycles. The number of alkyl halides is 4. The number of hydrogen-bond donors (Lipinski definition) is 0. The van der Waals surface area contributed by atoms with Gasteiger partial charge in [0.1, 0.15) is 0 Å². The summed E-state index contributed by atoms with van der Waals surface area (Å²) in [5, 5.41) is -0.184. The van der Waals surface area contributed by atoms with E-state index in [0.29, 0.717) is 5.56 Å². The minimum Gasteiger partial charge on any atom is -0.166 e. The minimum atomic E-state index is -4.29. The van der Waals surface area contributed by atoms with Crippen molar-refractivity contribution in [2.45, 2.75) is 49.6 Å². The van der Waals surface area contributed by atoms with Crippen LogP contribution in [-0.4, -0.2) is 5.38 Å². The Hall–Kier alpha value is -0.700. The van der Waals surface area contributed by atoms with Crippen LogP contribution in [0, 0.1) is 0 Å². The fourth-order valence-corrected chi connectivity index (χ4v) is 3.11. The van der Waals surface area contributed by atoms with Gasteiger partial charge in [-0.2, -0.15) is 13.2 Å². The first kappa shape index (κ1) is 13.7. The topological polar surface area (TPSA) is 0 Å². The molecule has 100 valence electrons. The molecule has 0 saturated heterocycles. The van der Waals surface area contributed by atoms with Crippen LogP contribution >= 0.6 is 11.6 Å². The normalized spacial score (nSPS) is 25.8. The molecule has 0 aromatic heterocycles. The van der Waals surface area contributed by atoms with Gasteiger partial charge in [-0.25, -0.2) is 0 Å². The van der Waals surface area contributed by atoms with Crippen molar-refractivity contribution in [2.24, 2.45) is 0 Å². The lowest BCUT2D eigenvalue weighted by Gasteiger charge is -2.23. The average molecular weight is 277 g/mol. The number of hydrogen-bond acceptors (Lipinski definition) is 0. The Bertz CT molecular complexity index is 400. The number of halogens is 4. The molecule has 0 amide bonds. The van der Waals surface area contributed by atoms with Gasteiger partial charge in [-0.05, 0) is 24.5 Å². The second-order valence-corrected chi connectivity index (χ2v) is 5.41. The van der Waals surface area contributed by atoms with Crippen LogP contribution in [0.5, 0.6) is 0 Å². The molecule has 1 saturated carbocycles. The van der Waals surface area contributed by atoms with Gasteiger partial charge in [0.05, 0.1) is 5.56 Å². The Morgan fingerprint density at radius 1 is 1.00 bits per heavy atom. The SMILES string of the molecule is FC(F)(F)c1ccccc1C1CCCCCC1Cl. The van der Waals surface area contributed by atoms with E-state index in [0.717, 1.165) is 38.2 Å². The molecule has 0 heterocycles. The van der Waals surface area contributed by atoms with Crippen LogP contribution in [0.15, 0.2) is 24.3 Å². The highest BCUT2D eigenvalue weighted by molar-refractivity contribution is 6.21. The lowest BCUT2D eigenvalue weighted by Crippen LogP contribution is -2.17. The van der Waals surface area contributed by atoms with Crippen LogP contribution in [0.3, 0.4) is 0 Å². The summed E-state index contributed by atoms with van der Waals surface area (Å²) < 4.78 is 39.0. The van der Waals surface area contributed by atoms with Crippen LogP contribution in [0.2, 0.25) is 0 Å². The third-order valence-corrected chi connectivity index (χ3v) is 4.12. The first-order chi connectivity index (χ1) is 8.50. The van der Waals surface area contributed by atoms with Crippen molar-refractivity contribution < 1.29 is 13.2 Å². The van der Waals surface area contributed by atoms with Crippen LogP contribution in [0.25, 0.3) is 0 Å². The molecule has 1 aromatic rings. The first-order valence-corrected chi connectivity index (χ1v) is 6.74. The van der Waals surface area contributed by atoms with Crippen molar-refractivity contribution in [1.82, 2.24) is 0 Å². The summed E-state index contributed by atoms with van der Waals surface area (Å²) in [7, 11) is 0. The van der Waals surface area contributed by atoms with Crippen molar-refractivity contribution in [3.05, 3.63) is 35.4 Å². The van der Waals surface area contributed by atoms with Gasteiger partial charge in [-0.3, -0.25) is 0 Å². The second-order valence-electron chi connectivity index (χ2n) is 4.85. The smallest absolute Gasteiger partial charge is 0.166 e. The van der Waals surface area contributed by atoms with Crippen LogP contribution in [0.4, 0.5) is 13.2 Å². The van der Waals surface area contributed by atoms with E-state index in [4.69, 9.17) is 11.6 Å². The van der Waals surface area contributed by atoms with Gasteiger partial charge in [0, 0.05) is 11.3 Å². The van der Waals surface area contributed by atoms with E-state index in [2.05, 4.69) is 0 Å². The summed E-state index contributed by atoms with van der Waals surface area (Å²) in [6.45, 7) is 0. The summed E-state index contributed by atoms with van der Waals surface area (Å²) in [5.41, 5.74) is -0.158. The summed E-state index contributed by atoms with van der Waals surface area (Å²) in [6.07, 6.45) is 0.298. The molecule has 18 heavy (non-hydrogen) atoms. The Morgan fingerprint density at radius 2 is 1.67 bits per heavy atom. The monoisotopic (exact) mass is 276 g/mol. The lowest BCUT2D eigenvalue weighted by atomic mass is 9.88. The predicted molar refractivity (Wildman–Crippen MR) is 66.9 cm³/mol. The van der Waals surface area contributed by atoms with Crippen molar-refractivity contribution in [2.75, 3.05) is 0 Å². The number of rotatable bonds is 1. The molecule has 0 radical (unpaired) electrons. The Balaban J connectivity index is 2.37. The highest BCUT2D eigenvalue weighted by Crippen LogP contribution is 2.41. The minimum absolute atomic E-state index is 0.174. The van der Waals surface area contributed by atoms with Crippen molar-refractivity contribution in [3.8, 4) is 0 Å². The molecule has 0 spiro atoms. The molecule has 2 unspecified atom stereocenters. The molecular weight excluding hydrogens is 261 g/mol. The van der Waals surface area contributed by atoms with Crippen molar-refractivity contribution in [3.63, 3.8) is 0 Å². The second kappa shape index (κ2) is 5.52. The zero-order valence-corrected chi connectivity index (χ0v) is 10.8. The van der Waals surface area contributed by atoms with E-state index < -0.39 is 11.7 Å². The molecule has 4 heteroatoms. The van der Waals surface area contributed by atoms with Crippen molar-refractivity contribution >= 4 is 11.6 Å². The molecule has 1 aromatic carbocycles. The molecule has 0 nitrogen and oxygen atoms in total. The van der Waals surface area contributed by atoms with Gasteiger partial charge in [0.2, 0.25) is 0 Å². The fraction of sp³-hybridized carbons (Fsp3) is 0.571. The zero-order valence-electron chi connectivity index (χ0n) is 10.0. The number of benzene rings is 1. The predicted octanol–water partition coefficient (Wildman–Crippen LogP) is 5.36. The molecule has 1 aliphatic rings. The van der Waals surface area contributed by atoms with Gasteiger partial charge < -0.3 is 0 Å². The highest BCUT2D eigenvalue weighted by Gasteiger charge is 2.36. The molecule has 1 fully saturated rings. The van der Waals surface area contributed by atoms with Gasteiger partial charge in [-0.1, -0.05) is 37.5 Å². The van der Waals surface area contributed by atoms with Crippen LogP contribution in [-0.2, 0) is 6.18 Å². The maximum atomic E-state index is 13.0. The summed E-state index contributed by atoms with van der Waals surface area (Å²) >= 11 is 6.28. The molecular formula is C14H16ClF3. The lowest BCUT2D eigenvalue weighted by molar-refractivity contribution is -0.138. The van der Waals surface area contributed by atoms with Gasteiger partial charge in [-0.15, -0.1) is 11.6 Å². The van der Waals surface area contributed by atoms with Crippen LogP contribution < -0.4 is 0 Å². The maximum Gasteiger partial charge on any atom is 0.416 e. The van der Waals surface area contributed by atoms with E-state index >= 15 is 0 Å². The molecule has 0 bridgehead atoms. The van der Waals surface area contributed by atoms with Gasteiger partial charge in [0.25, 0.3) is 0 Å². The summed E-state index contributed by atoms with van der Waals surface area (Å²) in [6, 6.07) is 5.84. The molecule has 2 atom stereocenters. The molecule has 2 rings (SSSR count). The largest absolute Gasteiger partial charge is 0.416 e. The van der Waals surface area contributed by atoms with E-state index in [-0.39, 0.29) is 11.3 Å². The Kier molecular flexibility index (Phi) is 4.21. The van der Waals surface area contributed by atoms with E-state index in [9.17, 15) is 13.2 Å². The van der Waals surface area contributed by atoms with Gasteiger partial charge >= 0.3 is 6.18 Å². The van der Waals surface area contributed by atoms with Crippen LogP contribution in [0.1, 0.15) is 49.1 Å². The standard InChI is InChI=1S/C14H16ClF3/c15-13-9-3-1-2-7-11(13)10-6-4-5-8-12(10)14(16,17)18/h4-6,8,11,13H,1-3,7,9H2. The van der Waals surface area contributed by atoms with E-state index in [1.165, 1.54) is 6.07 Å². The Labute approximate surface area is 110 Å². The van der Waals surface area contributed by atoms with E-state index in [1.807, 2.05) is 0 Å². The summed E-state index contributed by atoms with van der Waals surface area (Å²) in [5.74, 6) is -0.174. The highest BCUT2D eigenvalue weighted by atomic mass is 35.5. The molecule has 0 N–H and O–H groups in total. The third kappa shape index (κ3) is 3.00. The average Bonchev–Trinajstić information content (AvgIpc) is 2.53. The van der Waals surface area contributed by atoms with E-state index in [1.54, 1.807) is 12.1 Å². The van der Waals surface area contributed by atoms with Gasteiger partial charge in [0.15, 0.2) is 0 Å². The summed E-state index contributed by atoms with van der Waals surface area (Å²) in [4.78, 5) is 0. The molecule has 0 aliphatic heterocycles. The first-order valence-electron chi connectivity index (χ1n) is 6.30. The maximum absolute atomic E-state index is 13.0.